The van der Waals surface area contributed by atoms with Gasteiger partial charge < -0.3 is 4.90 Å². The summed E-state index contributed by atoms with van der Waals surface area (Å²) in [6, 6.07) is 6.84. The number of fused-ring (bicyclic) bond motifs is 1. The van der Waals surface area contributed by atoms with Gasteiger partial charge in [0.15, 0.2) is 0 Å². The number of benzene rings is 1. The molecule has 2 saturated heterocycles. The fourth-order valence-electron chi connectivity index (χ4n) is 5.09. The fraction of sp³-hybridized carbons (Fsp3) is 0.478. The zero-order chi connectivity index (χ0) is 22.4. The number of amides is 3. The molecule has 0 radical (unpaired) electrons. The molecule has 8 nitrogen and oxygen atoms in total. The minimum absolute atomic E-state index is 0.0226. The topological polar surface area (TPSA) is 87.5 Å². The number of halogens is 1. The van der Waals surface area contributed by atoms with Crippen LogP contribution in [0.25, 0.3) is 10.9 Å². The van der Waals surface area contributed by atoms with E-state index < -0.39 is 5.92 Å². The summed E-state index contributed by atoms with van der Waals surface area (Å²) in [5.41, 5.74) is 2.96. The van der Waals surface area contributed by atoms with Gasteiger partial charge >= 0.3 is 0 Å². The van der Waals surface area contributed by atoms with Crippen molar-refractivity contribution in [3.05, 3.63) is 41.6 Å². The molecule has 1 aromatic carbocycles. The first-order chi connectivity index (χ1) is 15.4. The van der Waals surface area contributed by atoms with Gasteiger partial charge in [0, 0.05) is 37.6 Å². The molecule has 1 atom stereocenters. The number of nitrogens with one attached hydrogen (secondary N) is 1. The van der Waals surface area contributed by atoms with Gasteiger partial charge in [-0.2, -0.15) is 5.10 Å². The highest BCUT2D eigenvalue weighted by Gasteiger charge is 2.36. The van der Waals surface area contributed by atoms with Gasteiger partial charge in [0.05, 0.1) is 11.2 Å². The van der Waals surface area contributed by atoms with Crippen molar-refractivity contribution in [2.75, 3.05) is 32.1 Å². The third kappa shape index (κ3) is 3.71. The molecule has 0 aliphatic carbocycles. The SMILES string of the molecule is Cn1nc(C2C=CC(=O)NC2=O)c2ccc(C3CCN(C4CN(C(=O)CCl)C4)CC3)cc21. The van der Waals surface area contributed by atoms with Crippen molar-refractivity contribution in [2.45, 2.75) is 30.7 Å². The maximum absolute atomic E-state index is 12.3. The van der Waals surface area contributed by atoms with E-state index in [1.165, 1.54) is 11.6 Å². The van der Waals surface area contributed by atoms with Gasteiger partial charge in [0.2, 0.25) is 17.7 Å². The van der Waals surface area contributed by atoms with Gasteiger partial charge in [0.25, 0.3) is 0 Å². The van der Waals surface area contributed by atoms with Gasteiger partial charge in [-0.3, -0.25) is 29.3 Å². The lowest BCUT2D eigenvalue weighted by Gasteiger charge is -2.47. The summed E-state index contributed by atoms with van der Waals surface area (Å²) >= 11 is 5.64. The van der Waals surface area contributed by atoms with Crippen LogP contribution in [-0.4, -0.2) is 75.4 Å². The molecule has 168 valence electrons. The number of rotatable bonds is 4. The normalized spacial score (nSPS) is 22.9. The number of likely N-dealkylation sites (tertiary alicyclic amines) is 2. The second kappa shape index (κ2) is 8.33. The van der Waals surface area contributed by atoms with Gasteiger partial charge in [-0.15, -0.1) is 11.6 Å². The van der Waals surface area contributed by atoms with Gasteiger partial charge in [0.1, 0.15) is 11.8 Å². The predicted octanol–water partition coefficient (Wildman–Crippen LogP) is 1.50. The van der Waals surface area contributed by atoms with Crippen LogP contribution in [0.15, 0.2) is 30.4 Å². The fourth-order valence-corrected chi connectivity index (χ4v) is 5.25. The molecular weight excluding hydrogens is 430 g/mol. The van der Waals surface area contributed by atoms with Gasteiger partial charge in [-0.05, 0) is 43.5 Å². The summed E-state index contributed by atoms with van der Waals surface area (Å²) < 4.78 is 1.82. The number of alkyl halides is 1. The summed E-state index contributed by atoms with van der Waals surface area (Å²) in [5, 5.41) is 7.89. The maximum atomic E-state index is 12.3. The van der Waals surface area contributed by atoms with Crippen molar-refractivity contribution < 1.29 is 14.4 Å². The number of hydrogen-bond donors (Lipinski definition) is 1. The summed E-state index contributed by atoms with van der Waals surface area (Å²) in [4.78, 5) is 39.7. The van der Waals surface area contributed by atoms with E-state index in [1.807, 2.05) is 16.6 Å². The Kier molecular flexibility index (Phi) is 5.51. The molecule has 5 rings (SSSR count). The number of carbonyl (C=O) groups excluding carboxylic acids is 3. The summed E-state index contributed by atoms with van der Waals surface area (Å²) in [6.07, 6.45) is 5.16. The van der Waals surface area contributed by atoms with E-state index in [0.717, 1.165) is 49.9 Å². The molecule has 0 spiro atoms. The largest absolute Gasteiger partial charge is 0.338 e. The summed E-state index contributed by atoms with van der Waals surface area (Å²) in [5.74, 6) is -0.721. The standard InChI is InChI=1S/C23H26ClN5O3/c1-27-19-10-15(2-3-17(19)22(26-27)18-4-5-20(30)25-23(18)32)14-6-8-28(9-7-14)16-12-29(13-16)21(31)11-24/h2-5,10,14,16,18H,6-9,11-13H2,1H3,(H,25,30,32). The number of hydrogen-bond acceptors (Lipinski definition) is 5. The first kappa shape index (κ1) is 21.2. The Morgan fingerprint density at radius 3 is 2.66 bits per heavy atom. The molecule has 1 N–H and O–H groups in total. The smallest absolute Gasteiger partial charge is 0.250 e. The van der Waals surface area contributed by atoms with E-state index in [0.29, 0.717) is 17.7 Å². The second-order valence-electron chi connectivity index (χ2n) is 8.87. The molecule has 3 aliphatic rings. The van der Waals surface area contributed by atoms with Crippen LogP contribution in [0.2, 0.25) is 0 Å². The Morgan fingerprint density at radius 2 is 1.97 bits per heavy atom. The first-order valence-electron chi connectivity index (χ1n) is 11.0. The van der Waals surface area contributed by atoms with Crippen LogP contribution in [0.5, 0.6) is 0 Å². The number of imide groups is 1. The molecule has 1 unspecified atom stereocenters. The number of carbonyl (C=O) groups is 3. The molecule has 0 bridgehead atoms. The van der Waals surface area contributed by atoms with Crippen LogP contribution in [0.4, 0.5) is 0 Å². The van der Waals surface area contributed by atoms with E-state index in [9.17, 15) is 14.4 Å². The highest BCUT2D eigenvalue weighted by atomic mass is 35.5. The van der Waals surface area contributed by atoms with E-state index in [1.54, 1.807) is 6.08 Å². The van der Waals surface area contributed by atoms with Crippen molar-refractivity contribution in [2.24, 2.45) is 7.05 Å². The third-order valence-electron chi connectivity index (χ3n) is 7.01. The molecule has 2 aromatic rings. The lowest BCUT2D eigenvalue weighted by molar-refractivity contribution is -0.136. The second-order valence-corrected chi connectivity index (χ2v) is 9.14. The lowest BCUT2D eigenvalue weighted by Crippen LogP contribution is -2.62. The van der Waals surface area contributed by atoms with E-state index >= 15 is 0 Å². The van der Waals surface area contributed by atoms with Crippen molar-refractivity contribution in [3.63, 3.8) is 0 Å². The molecule has 2 fully saturated rings. The Morgan fingerprint density at radius 1 is 1.22 bits per heavy atom. The number of nitrogens with zero attached hydrogens (tertiary/aromatic N) is 4. The Labute approximate surface area is 191 Å². The van der Waals surface area contributed by atoms with Crippen LogP contribution in [0.1, 0.15) is 35.9 Å². The van der Waals surface area contributed by atoms with Gasteiger partial charge in [-0.1, -0.05) is 18.2 Å². The van der Waals surface area contributed by atoms with E-state index in [2.05, 4.69) is 33.5 Å². The minimum atomic E-state index is -0.557. The molecule has 4 heterocycles. The molecular formula is C23H26ClN5O3. The number of aromatic nitrogens is 2. The Hall–Kier alpha value is -2.71. The predicted molar refractivity (Wildman–Crippen MR) is 120 cm³/mol. The average Bonchev–Trinajstić information content (AvgIpc) is 3.08. The average molecular weight is 456 g/mol. The molecule has 32 heavy (non-hydrogen) atoms. The quantitative estimate of drug-likeness (QED) is 0.557. The molecule has 0 saturated carbocycles. The van der Waals surface area contributed by atoms with Crippen molar-refractivity contribution in [1.29, 1.82) is 0 Å². The highest BCUT2D eigenvalue weighted by Crippen LogP contribution is 2.34. The number of piperidine rings is 1. The van der Waals surface area contributed by atoms with Crippen LogP contribution in [0.3, 0.4) is 0 Å². The zero-order valence-corrected chi connectivity index (χ0v) is 18.7. The first-order valence-corrected chi connectivity index (χ1v) is 11.6. The maximum Gasteiger partial charge on any atom is 0.250 e. The third-order valence-corrected chi connectivity index (χ3v) is 7.24. The highest BCUT2D eigenvalue weighted by molar-refractivity contribution is 6.27. The van der Waals surface area contributed by atoms with Crippen LogP contribution < -0.4 is 5.32 Å². The van der Waals surface area contributed by atoms with Crippen molar-refractivity contribution in [3.8, 4) is 0 Å². The molecule has 3 amide bonds. The minimum Gasteiger partial charge on any atom is -0.338 e. The molecule has 9 heteroatoms. The van der Waals surface area contributed by atoms with Crippen molar-refractivity contribution >= 4 is 40.2 Å². The summed E-state index contributed by atoms with van der Waals surface area (Å²) in [6.45, 7) is 3.62. The van der Waals surface area contributed by atoms with E-state index in [-0.39, 0.29) is 23.6 Å². The number of aryl methyl sites for hydroxylation is 1. The van der Waals surface area contributed by atoms with Crippen LogP contribution in [0, 0.1) is 0 Å². The van der Waals surface area contributed by atoms with Crippen molar-refractivity contribution in [1.82, 2.24) is 24.9 Å². The van der Waals surface area contributed by atoms with E-state index in [4.69, 9.17) is 11.6 Å². The Balaban J connectivity index is 1.28. The molecule has 1 aromatic heterocycles. The monoisotopic (exact) mass is 455 g/mol. The van der Waals surface area contributed by atoms with Crippen LogP contribution >= 0.6 is 11.6 Å². The Bertz CT molecular complexity index is 1110. The zero-order valence-electron chi connectivity index (χ0n) is 18.0. The summed E-state index contributed by atoms with van der Waals surface area (Å²) in [7, 11) is 1.89. The lowest BCUT2D eigenvalue weighted by atomic mass is 9.87. The molecule has 3 aliphatic heterocycles. The van der Waals surface area contributed by atoms with Gasteiger partial charge in [-0.25, -0.2) is 0 Å². The van der Waals surface area contributed by atoms with Crippen LogP contribution in [-0.2, 0) is 21.4 Å².